The Morgan fingerprint density at radius 3 is 1.33 bits per heavy atom. The largest absolute Gasteiger partial charge is 0.291 e. The minimum absolute atomic E-state index is 0. The molecule has 0 aromatic heterocycles. The van der Waals surface area contributed by atoms with Crippen LogP contribution in [-0.2, 0) is 14.7 Å². The van der Waals surface area contributed by atoms with Crippen molar-refractivity contribution in [2.24, 2.45) is 0 Å². The summed E-state index contributed by atoms with van der Waals surface area (Å²) in [6, 6.07) is 0. The summed E-state index contributed by atoms with van der Waals surface area (Å²) in [5.74, 6) is 0. The standard InChI is InChI=1S/CH3O3S.HI/c1-5(2,3)4;/h1H3;1H. The molecule has 6 heavy (non-hydrogen) atoms. The first kappa shape index (κ1) is 9.81. The van der Waals surface area contributed by atoms with E-state index in [1.807, 2.05) is 0 Å². The lowest BCUT2D eigenvalue weighted by molar-refractivity contribution is 0.420. The van der Waals surface area contributed by atoms with Crippen molar-refractivity contribution < 1.29 is 13.0 Å². The monoisotopic (exact) mass is 223 g/mol. The van der Waals surface area contributed by atoms with Crippen LogP contribution in [0, 0.1) is 0 Å². The molecular weight excluding hydrogens is 219 g/mol. The fourth-order valence-corrected chi connectivity index (χ4v) is 0. The van der Waals surface area contributed by atoms with E-state index in [0.717, 1.165) is 0 Å². The van der Waals surface area contributed by atoms with Crippen LogP contribution >= 0.6 is 24.0 Å². The van der Waals surface area contributed by atoms with Crippen LogP contribution in [0.4, 0.5) is 0 Å². The Hall–Kier alpha value is 0.640. The summed E-state index contributed by atoms with van der Waals surface area (Å²) in [6.07, 6.45) is 0.604. The van der Waals surface area contributed by atoms with Gasteiger partial charge in [0, 0.05) is 0 Å². The molecule has 0 atom stereocenters. The van der Waals surface area contributed by atoms with Crippen molar-refractivity contribution in [3.8, 4) is 0 Å². The second kappa shape index (κ2) is 2.75. The van der Waals surface area contributed by atoms with E-state index in [9.17, 15) is 0 Å². The van der Waals surface area contributed by atoms with Crippen molar-refractivity contribution in [3.63, 3.8) is 0 Å². The summed E-state index contributed by atoms with van der Waals surface area (Å²) in [4.78, 5) is 0. The summed E-state index contributed by atoms with van der Waals surface area (Å²) in [7, 11) is -3.92. The van der Waals surface area contributed by atoms with Crippen molar-refractivity contribution in [2.75, 3.05) is 6.26 Å². The third kappa shape index (κ3) is 150. The zero-order valence-corrected chi connectivity index (χ0v) is 6.19. The average molecular weight is 223 g/mol. The van der Waals surface area contributed by atoms with Crippen molar-refractivity contribution in [1.29, 1.82) is 0 Å². The van der Waals surface area contributed by atoms with E-state index in [0.29, 0.717) is 6.26 Å². The molecule has 0 N–H and O–H groups in total. The van der Waals surface area contributed by atoms with Gasteiger partial charge in [0.25, 0.3) is 10.1 Å². The molecule has 0 heterocycles. The van der Waals surface area contributed by atoms with Gasteiger partial charge in [0.15, 0.2) is 0 Å². The van der Waals surface area contributed by atoms with Gasteiger partial charge in [-0.15, -0.1) is 24.0 Å². The van der Waals surface area contributed by atoms with E-state index in [4.69, 9.17) is 13.0 Å². The Morgan fingerprint density at radius 2 is 1.33 bits per heavy atom. The maximum atomic E-state index is 9.08. The molecule has 0 saturated heterocycles. The maximum Gasteiger partial charge on any atom is 0.291 e. The summed E-state index contributed by atoms with van der Waals surface area (Å²) in [6.45, 7) is 0. The Balaban J connectivity index is 0. The van der Waals surface area contributed by atoms with Gasteiger partial charge in [-0.2, -0.15) is 8.42 Å². The molecule has 0 rings (SSSR count). The van der Waals surface area contributed by atoms with Crippen molar-refractivity contribution >= 4 is 34.1 Å². The highest BCUT2D eigenvalue weighted by molar-refractivity contribution is 14.0. The summed E-state index contributed by atoms with van der Waals surface area (Å²) < 4.78 is 27.2. The highest BCUT2D eigenvalue weighted by atomic mass is 127. The van der Waals surface area contributed by atoms with Crippen LogP contribution in [0.5, 0.6) is 0 Å². The second-order valence-electron chi connectivity index (χ2n) is 0.704. The van der Waals surface area contributed by atoms with Gasteiger partial charge in [-0.3, -0.25) is 0 Å². The molecule has 5 heteroatoms. The molecule has 0 unspecified atom stereocenters. The second-order valence-corrected chi connectivity index (χ2v) is 2.11. The molecule has 0 bridgehead atoms. The molecule has 1 radical (unpaired) electrons. The van der Waals surface area contributed by atoms with Gasteiger partial charge in [0.1, 0.15) is 0 Å². The number of rotatable bonds is 0. The molecule has 3 nitrogen and oxygen atoms in total. The average Bonchev–Trinajstić information content (AvgIpc) is 0.722. The summed E-state index contributed by atoms with van der Waals surface area (Å²) in [5, 5.41) is 0. The van der Waals surface area contributed by atoms with Crippen molar-refractivity contribution in [2.45, 2.75) is 0 Å². The molecule has 0 aliphatic carbocycles. The predicted octanol–water partition coefficient (Wildman–Crippen LogP) is -0.00550. The van der Waals surface area contributed by atoms with Crippen LogP contribution < -0.4 is 0 Å². The molecule has 0 saturated carbocycles. The van der Waals surface area contributed by atoms with Crippen LogP contribution in [0.3, 0.4) is 0 Å². The smallest absolute Gasteiger partial charge is 0.197 e. The first-order valence-electron chi connectivity index (χ1n) is 0.908. The van der Waals surface area contributed by atoms with Gasteiger partial charge in [0.2, 0.25) is 0 Å². The fraction of sp³-hybridized carbons (Fsp3) is 1.00. The van der Waals surface area contributed by atoms with E-state index >= 15 is 0 Å². The van der Waals surface area contributed by atoms with Crippen molar-refractivity contribution in [3.05, 3.63) is 0 Å². The number of halogens is 1. The van der Waals surface area contributed by atoms with Gasteiger partial charge >= 0.3 is 0 Å². The van der Waals surface area contributed by atoms with E-state index in [2.05, 4.69) is 0 Å². The topological polar surface area (TPSA) is 54.0 Å². The van der Waals surface area contributed by atoms with Crippen LogP contribution in [-0.4, -0.2) is 14.7 Å². The van der Waals surface area contributed by atoms with Crippen LogP contribution in [0.25, 0.3) is 0 Å². The van der Waals surface area contributed by atoms with Gasteiger partial charge in [-0.1, -0.05) is 4.55 Å². The quantitative estimate of drug-likeness (QED) is 0.542. The molecule has 0 aliphatic rings. The molecule has 0 fully saturated rings. The first-order valence-corrected chi connectivity index (χ1v) is 2.72. The molecule has 0 aromatic rings. The fourth-order valence-electron chi connectivity index (χ4n) is 0. The first-order chi connectivity index (χ1) is 2.00. The lowest BCUT2D eigenvalue weighted by atomic mass is 12.0. The van der Waals surface area contributed by atoms with E-state index in [1.54, 1.807) is 0 Å². The zero-order valence-electron chi connectivity index (χ0n) is 3.04. The third-order valence-corrected chi connectivity index (χ3v) is 0. The Bertz CT molecular complexity index is 94.0. The molecule has 0 spiro atoms. The molecule has 39 valence electrons. The maximum absolute atomic E-state index is 9.08. The van der Waals surface area contributed by atoms with Gasteiger partial charge in [0.05, 0.1) is 6.26 Å². The van der Waals surface area contributed by atoms with Gasteiger partial charge in [-0.25, -0.2) is 0 Å². The minimum Gasteiger partial charge on any atom is -0.197 e. The van der Waals surface area contributed by atoms with E-state index in [-0.39, 0.29) is 24.0 Å². The van der Waals surface area contributed by atoms with Crippen molar-refractivity contribution in [1.82, 2.24) is 0 Å². The lowest BCUT2D eigenvalue weighted by Crippen LogP contribution is -1.85. The molecule has 0 aliphatic heterocycles. The zero-order chi connectivity index (χ0) is 4.50. The third-order valence-electron chi connectivity index (χ3n) is 0. The lowest BCUT2D eigenvalue weighted by Gasteiger charge is -1.64. The summed E-state index contributed by atoms with van der Waals surface area (Å²) in [5.41, 5.74) is 0. The number of hydrogen-bond acceptors (Lipinski definition) is 2. The van der Waals surface area contributed by atoms with Crippen LogP contribution in [0.15, 0.2) is 0 Å². The normalized spacial score (nSPS) is 9.67. The van der Waals surface area contributed by atoms with Gasteiger partial charge < -0.3 is 0 Å². The predicted molar refractivity (Wildman–Crippen MR) is 30.9 cm³/mol. The Morgan fingerprint density at radius 1 is 1.33 bits per heavy atom. The highest BCUT2D eigenvalue weighted by Crippen LogP contribution is 1.63. The van der Waals surface area contributed by atoms with Crippen LogP contribution in [0.1, 0.15) is 0 Å². The van der Waals surface area contributed by atoms with Crippen LogP contribution in [0.2, 0.25) is 0 Å². The van der Waals surface area contributed by atoms with E-state index < -0.39 is 10.1 Å². The van der Waals surface area contributed by atoms with E-state index in [1.165, 1.54) is 0 Å². The van der Waals surface area contributed by atoms with Gasteiger partial charge in [-0.05, 0) is 0 Å². The Kier molecular flexibility index (Phi) is 4.50. The Labute approximate surface area is 53.5 Å². The SMILES string of the molecule is CS([O])(=O)=O.I. The molecular formula is CH4IO3S. The minimum atomic E-state index is -3.92. The number of hydrogen-bond donors (Lipinski definition) is 0. The molecule has 0 aromatic carbocycles. The highest BCUT2D eigenvalue weighted by Gasteiger charge is 1.85. The molecule has 0 amide bonds. The summed E-state index contributed by atoms with van der Waals surface area (Å²) >= 11 is 0.